The molecule has 2 aromatic heterocycles. The molecule has 1 aromatic carbocycles. The molecular weight excluding hydrogens is 302 g/mol. The van der Waals surface area contributed by atoms with Crippen molar-refractivity contribution in [1.29, 1.82) is 0 Å². The number of benzene rings is 1. The number of fused-ring (bicyclic) bond motifs is 1. The first-order valence-corrected chi connectivity index (χ1v) is 7.92. The molecule has 0 saturated heterocycles. The van der Waals surface area contributed by atoms with Crippen LogP contribution in [-0.2, 0) is 6.54 Å². The van der Waals surface area contributed by atoms with E-state index in [0.717, 1.165) is 23.1 Å². The highest BCUT2D eigenvalue weighted by Crippen LogP contribution is 2.24. The first kappa shape index (κ1) is 15.9. The van der Waals surface area contributed by atoms with E-state index in [1.165, 1.54) is 0 Å². The highest BCUT2D eigenvalue weighted by atomic mass is 16.2. The van der Waals surface area contributed by atoms with Crippen molar-refractivity contribution in [3.63, 3.8) is 0 Å². The molecule has 3 rings (SSSR count). The van der Waals surface area contributed by atoms with Crippen LogP contribution in [-0.4, -0.2) is 15.5 Å². The summed E-state index contributed by atoms with van der Waals surface area (Å²) in [5, 5.41) is 0.514. The van der Waals surface area contributed by atoms with E-state index >= 15 is 0 Å². The summed E-state index contributed by atoms with van der Waals surface area (Å²) in [7, 11) is 0. The van der Waals surface area contributed by atoms with Gasteiger partial charge in [0.15, 0.2) is 0 Å². The number of primary amides is 1. The predicted octanol–water partition coefficient (Wildman–Crippen LogP) is 2.88. The van der Waals surface area contributed by atoms with Gasteiger partial charge in [0, 0.05) is 30.0 Å². The van der Waals surface area contributed by atoms with E-state index in [9.17, 15) is 9.59 Å². The highest BCUT2D eigenvalue weighted by molar-refractivity contribution is 5.98. The van der Waals surface area contributed by atoms with Gasteiger partial charge in [-0.1, -0.05) is 13.0 Å². The summed E-state index contributed by atoms with van der Waals surface area (Å²) in [4.78, 5) is 28.4. The SMILES string of the molecule is CCCn1c(C)c(C(N)=O)c(=O)c2ccc(-c3ccncc3)cc21. The summed E-state index contributed by atoms with van der Waals surface area (Å²) < 4.78 is 2.00. The molecule has 3 aromatic rings. The summed E-state index contributed by atoms with van der Waals surface area (Å²) in [5.74, 6) is -0.678. The van der Waals surface area contributed by atoms with Gasteiger partial charge in [-0.2, -0.15) is 0 Å². The zero-order chi connectivity index (χ0) is 17.3. The van der Waals surface area contributed by atoms with Gasteiger partial charge in [0.1, 0.15) is 5.56 Å². The van der Waals surface area contributed by atoms with Gasteiger partial charge in [-0.15, -0.1) is 0 Å². The lowest BCUT2D eigenvalue weighted by Crippen LogP contribution is -2.27. The minimum Gasteiger partial charge on any atom is -0.365 e. The Bertz CT molecular complexity index is 975. The Morgan fingerprint density at radius 3 is 2.50 bits per heavy atom. The van der Waals surface area contributed by atoms with Gasteiger partial charge in [-0.05, 0) is 48.7 Å². The Labute approximate surface area is 139 Å². The van der Waals surface area contributed by atoms with E-state index in [0.29, 0.717) is 17.6 Å². The maximum absolute atomic E-state index is 12.7. The van der Waals surface area contributed by atoms with Crippen LogP contribution in [0.15, 0.2) is 47.5 Å². The van der Waals surface area contributed by atoms with Crippen molar-refractivity contribution < 1.29 is 4.79 Å². The Kier molecular flexibility index (Phi) is 4.16. The number of carbonyl (C=O) groups is 1. The lowest BCUT2D eigenvalue weighted by Gasteiger charge is -2.17. The lowest BCUT2D eigenvalue weighted by molar-refractivity contribution is 0.0998. The zero-order valence-corrected chi connectivity index (χ0v) is 13.7. The fourth-order valence-corrected chi connectivity index (χ4v) is 3.09. The molecule has 24 heavy (non-hydrogen) atoms. The minimum absolute atomic E-state index is 0.0765. The highest BCUT2D eigenvalue weighted by Gasteiger charge is 2.18. The fourth-order valence-electron chi connectivity index (χ4n) is 3.09. The van der Waals surface area contributed by atoms with Crippen molar-refractivity contribution in [2.75, 3.05) is 0 Å². The van der Waals surface area contributed by atoms with Crippen LogP contribution in [0.5, 0.6) is 0 Å². The van der Waals surface area contributed by atoms with Gasteiger partial charge in [0.25, 0.3) is 5.91 Å². The van der Waals surface area contributed by atoms with Gasteiger partial charge >= 0.3 is 0 Å². The molecule has 0 aliphatic rings. The summed E-state index contributed by atoms with van der Waals surface area (Å²) in [5.41, 5.74) is 8.67. The topological polar surface area (TPSA) is 78.0 Å². The van der Waals surface area contributed by atoms with Crippen molar-refractivity contribution in [3.8, 4) is 11.1 Å². The maximum atomic E-state index is 12.7. The zero-order valence-electron chi connectivity index (χ0n) is 13.7. The van der Waals surface area contributed by atoms with E-state index < -0.39 is 5.91 Å². The molecule has 0 spiro atoms. The molecule has 0 bridgehead atoms. The molecule has 0 atom stereocenters. The van der Waals surface area contributed by atoms with Gasteiger partial charge in [0.05, 0.1) is 5.52 Å². The summed E-state index contributed by atoms with van der Waals surface area (Å²) in [6, 6.07) is 9.49. The smallest absolute Gasteiger partial charge is 0.254 e. The van der Waals surface area contributed by atoms with Crippen molar-refractivity contribution in [3.05, 3.63) is 64.2 Å². The van der Waals surface area contributed by atoms with E-state index in [4.69, 9.17) is 5.73 Å². The lowest BCUT2D eigenvalue weighted by atomic mass is 10.0. The number of nitrogens with two attached hydrogens (primary N) is 1. The number of nitrogens with zero attached hydrogens (tertiary/aromatic N) is 2. The normalized spacial score (nSPS) is 10.9. The van der Waals surface area contributed by atoms with Crippen LogP contribution in [0.2, 0.25) is 0 Å². The molecule has 0 saturated carbocycles. The molecule has 5 heteroatoms. The average Bonchev–Trinajstić information content (AvgIpc) is 2.58. The number of aryl methyl sites for hydroxylation is 1. The Morgan fingerprint density at radius 2 is 1.88 bits per heavy atom. The first-order chi connectivity index (χ1) is 11.5. The van der Waals surface area contributed by atoms with Crippen LogP contribution in [0.4, 0.5) is 0 Å². The molecule has 5 nitrogen and oxygen atoms in total. The number of pyridine rings is 2. The molecule has 0 radical (unpaired) electrons. The largest absolute Gasteiger partial charge is 0.365 e. The van der Waals surface area contributed by atoms with Crippen molar-refractivity contribution in [2.24, 2.45) is 5.73 Å². The molecule has 0 fully saturated rings. The van der Waals surface area contributed by atoms with Gasteiger partial charge in [0.2, 0.25) is 5.43 Å². The summed E-state index contributed by atoms with van der Waals surface area (Å²) >= 11 is 0. The van der Waals surface area contributed by atoms with E-state index in [2.05, 4.69) is 11.9 Å². The summed E-state index contributed by atoms with van der Waals surface area (Å²) in [6.45, 7) is 4.54. The second kappa shape index (κ2) is 6.28. The number of hydrogen-bond donors (Lipinski definition) is 1. The van der Waals surface area contributed by atoms with Gasteiger partial charge in [-0.3, -0.25) is 14.6 Å². The quantitative estimate of drug-likeness (QED) is 0.802. The van der Waals surface area contributed by atoms with Crippen LogP contribution < -0.4 is 11.2 Å². The van der Waals surface area contributed by atoms with E-state index in [1.54, 1.807) is 25.4 Å². The third-order valence-corrected chi connectivity index (χ3v) is 4.23. The molecule has 0 aliphatic heterocycles. The van der Waals surface area contributed by atoms with E-state index in [1.807, 2.05) is 28.8 Å². The Balaban J connectivity index is 2.37. The molecule has 2 heterocycles. The van der Waals surface area contributed by atoms with Gasteiger partial charge in [-0.25, -0.2) is 0 Å². The van der Waals surface area contributed by atoms with E-state index in [-0.39, 0.29) is 11.0 Å². The monoisotopic (exact) mass is 321 g/mol. The van der Waals surface area contributed by atoms with Crippen molar-refractivity contribution in [2.45, 2.75) is 26.8 Å². The van der Waals surface area contributed by atoms with Crippen LogP contribution in [0.3, 0.4) is 0 Å². The second-order valence-corrected chi connectivity index (χ2v) is 5.77. The van der Waals surface area contributed by atoms with Gasteiger partial charge < -0.3 is 10.3 Å². The molecule has 0 unspecified atom stereocenters. The molecule has 1 amide bonds. The molecular formula is C19H19N3O2. The summed E-state index contributed by atoms with van der Waals surface area (Å²) in [6.07, 6.45) is 4.36. The first-order valence-electron chi connectivity index (χ1n) is 7.92. The average molecular weight is 321 g/mol. The number of aromatic nitrogens is 2. The number of carbonyl (C=O) groups excluding carboxylic acids is 1. The second-order valence-electron chi connectivity index (χ2n) is 5.77. The predicted molar refractivity (Wildman–Crippen MR) is 95.0 cm³/mol. The van der Waals surface area contributed by atoms with Crippen LogP contribution in [0.25, 0.3) is 22.0 Å². The van der Waals surface area contributed by atoms with Crippen molar-refractivity contribution >= 4 is 16.8 Å². The Morgan fingerprint density at radius 1 is 1.17 bits per heavy atom. The molecule has 2 N–H and O–H groups in total. The molecule has 122 valence electrons. The maximum Gasteiger partial charge on any atom is 0.254 e. The number of rotatable bonds is 4. The third-order valence-electron chi connectivity index (χ3n) is 4.23. The Hall–Kier alpha value is -2.95. The molecule has 0 aliphatic carbocycles. The number of amides is 1. The van der Waals surface area contributed by atoms with Crippen LogP contribution in [0.1, 0.15) is 29.4 Å². The minimum atomic E-state index is -0.678. The van der Waals surface area contributed by atoms with Crippen LogP contribution >= 0.6 is 0 Å². The third kappa shape index (κ3) is 2.58. The number of hydrogen-bond acceptors (Lipinski definition) is 3. The fraction of sp³-hybridized carbons (Fsp3) is 0.211. The van der Waals surface area contributed by atoms with Crippen LogP contribution in [0, 0.1) is 6.92 Å². The van der Waals surface area contributed by atoms with Crippen molar-refractivity contribution in [1.82, 2.24) is 9.55 Å². The standard InChI is InChI=1S/C19H19N3O2/c1-3-10-22-12(2)17(19(20)24)18(23)15-5-4-14(11-16(15)22)13-6-8-21-9-7-13/h4-9,11H,3,10H2,1-2H3,(H2,20,24).